The van der Waals surface area contributed by atoms with Crippen molar-refractivity contribution in [3.8, 4) is 23.3 Å². The monoisotopic (exact) mass is 504 g/mol. The number of pyridine rings is 1. The number of benzene rings is 2. The number of fused-ring (bicyclic) bond motifs is 2. The third-order valence-corrected chi connectivity index (χ3v) is 6.60. The van der Waals surface area contributed by atoms with E-state index in [-0.39, 0.29) is 5.75 Å². The van der Waals surface area contributed by atoms with Crippen molar-refractivity contribution in [2.45, 2.75) is 20.3 Å². The summed E-state index contributed by atoms with van der Waals surface area (Å²) in [6, 6.07) is 12.2. The van der Waals surface area contributed by atoms with Crippen LogP contribution in [0.25, 0.3) is 21.8 Å². The van der Waals surface area contributed by atoms with Crippen LogP contribution in [0.4, 0.5) is 4.39 Å². The lowest BCUT2D eigenvalue weighted by atomic mass is 10.1. The van der Waals surface area contributed by atoms with Gasteiger partial charge in [-0.1, -0.05) is 6.92 Å². The highest BCUT2D eigenvalue weighted by molar-refractivity contribution is 5.89. The number of halogens is 1. The molecule has 2 aromatic heterocycles. The number of hydrogen-bond acceptors (Lipinski definition) is 7. The normalized spacial score (nSPS) is 11.5. The number of likely N-dealkylation sites (N-methyl/N-ethyl adjacent to an activating group) is 2. The van der Waals surface area contributed by atoms with Gasteiger partial charge in [-0.2, -0.15) is 5.26 Å². The molecule has 0 amide bonds. The molecule has 9 heteroatoms. The third kappa shape index (κ3) is 5.77. The van der Waals surface area contributed by atoms with Crippen LogP contribution >= 0.6 is 0 Å². The first-order valence-corrected chi connectivity index (χ1v) is 12.4. The molecule has 0 bridgehead atoms. The zero-order chi connectivity index (χ0) is 26.5. The van der Waals surface area contributed by atoms with Gasteiger partial charge < -0.3 is 25.1 Å². The van der Waals surface area contributed by atoms with E-state index < -0.39 is 5.82 Å². The Bertz CT molecular complexity index is 1440. The van der Waals surface area contributed by atoms with Crippen molar-refractivity contribution in [2.24, 2.45) is 0 Å². The average molecular weight is 505 g/mol. The summed E-state index contributed by atoms with van der Waals surface area (Å²) < 4.78 is 28.6. The molecule has 37 heavy (non-hydrogen) atoms. The molecular formula is C28H33FN6O2. The lowest BCUT2D eigenvalue weighted by Gasteiger charge is -2.21. The maximum Gasteiger partial charge on any atom is 0.175 e. The van der Waals surface area contributed by atoms with Crippen LogP contribution in [0.15, 0.2) is 42.6 Å². The minimum absolute atomic E-state index is 0.0682. The molecule has 2 aromatic carbocycles. The minimum Gasteiger partial charge on any atom is -0.492 e. The second-order valence-electron chi connectivity index (χ2n) is 9.26. The van der Waals surface area contributed by atoms with Gasteiger partial charge >= 0.3 is 0 Å². The molecule has 8 nitrogen and oxygen atoms in total. The van der Waals surface area contributed by atoms with Crippen LogP contribution in [-0.4, -0.2) is 66.3 Å². The minimum atomic E-state index is -0.499. The van der Waals surface area contributed by atoms with Gasteiger partial charge in [0.05, 0.1) is 23.2 Å². The van der Waals surface area contributed by atoms with Crippen molar-refractivity contribution in [1.82, 2.24) is 19.5 Å². The fourth-order valence-electron chi connectivity index (χ4n) is 4.15. The van der Waals surface area contributed by atoms with E-state index in [1.807, 2.05) is 6.92 Å². The van der Waals surface area contributed by atoms with Gasteiger partial charge in [-0.3, -0.25) is 9.66 Å². The Balaban J connectivity index is 1.49. The molecule has 0 atom stereocenters. The summed E-state index contributed by atoms with van der Waals surface area (Å²) in [5, 5.41) is 10.7. The van der Waals surface area contributed by atoms with Crippen LogP contribution < -0.4 is 15.3 Å². The number of nitriles is 1. The van der Waals surface area contributed by atoms with E-state index in [1.54, 1.807) is 42.6 Å². The highest BCUT2D eigenvalue weighted by Crippen LogP contribution is 2.36. The summed E-state index contributed by atoms with van der Waals surface area (Å²) in [7, 11) is 4.21. The highest BCUT2D eigenvalue weighted by Gasteiger charge is 2.16. The molecule has 0 aliphatic heterocycles. The molecule has 0 saturated heterocycles. The quantitative estimate of drug-likeness (QED) is 0.234. The zero-order valence-corrected chi connectivity index (χ0v) is 21.8. The van der Waals surface area contributed by atoms with Gasteiger partial charge in [0.2, 0.25) is 0 Å². The van der Waals surface area contributed by atoms with E-state index in [1.165, 1.54) is 4.68 Å². The lowest BCUT2D eigenvalue weighted by molar-refractivity contribution is 0.236. The molecule has 0 fully saturated rings. The predicted molar refractivity (Wildman–Crippen MR) is 144 cm³/mol. The fourth-order valence-corrected chi connectivity index (χ4v) is 4.15. The average Bonchev–Trinajstić information content (AvgIpc) is 3.20. The Labute approximate surface area is 216 Å². The van der Waals surface area contributed by atoms with E-state index in [0.29, 0.717) is 45.5 Å². The van der Waals surface area contributed by atoms with Crippen molar-refractivity contribution in [2.75, 3.05) is 52.7 Å². The van der Waals surface area contributed by atoms with Gasteiger partial charge in [0.15, 0.2) is 11.6 Å². The maximum absolute atomic E-state index is 15.2. The summed E-state index contributed by atoms with van der Waals surface area (Å²) in [4.78, 5) is 8.96. The molecule has 0 aliphatic carbocycles. The van der Waals surface area contributed by atoms with Gasteiger partial charge in [-0.15, -0.1) is 0 Å². The zero-order valence-electron chi connectivity index (χ0n) is 21.8. The van der Waals surface area contributed by atoms with E-state index in [0.717, 1.165) is 38.3 Å². The number of nitrogens with two attached hydrogens (primary N) is 1. The first kappa shape index (κ1) is 26.2. The van der Waals surface area contributed by atoms with Crippen LogP contribution in [0.3, 0.4) is 0 Å². The second kappa shape index (κ2) is 11.5. The Hall–Kier alpha value is -3.87. The molecule has 0 saturated carbocycles. The largest absolute Gasteiger partial charge is 0.492 e. The predicted octanol–water partition coefficient (Wildman–Crippen LogP) is 4.67. The fraction of sp³-hybridized carbons (Fsp3) is 0.357. The SMILES string of the molecule is CCN(C)CCN(C)CCCOc1cc2nccc(Oc3ccc4c(cc(C)n4N)c3F)c2cc1C#N. The van der Waals surface area contributed by atoms with Crippen molar-refractivity contribution in [1.29, 1.82) is 5.26 Å². The first-order valence-electron chi connectivity index (χ1n) is 12.4. The maximum atomic E-state index is 15.2. The molecule has 4 aromatic rings. The lowest BCUT2D eigenvalue weighted by Crippen LogP contribution is -2.31. The van der Waals surface area contributed by atoms with Gasteiger partial charge in [0, 0.05) is 48.4 Å². The molecule has 0 spiro atoms. The van der Waals surface area contributed by atoms with Crippen molar-refractivity contribution in [3.63, 3.8) is 0 Å². The summed E-state index contributed by atoms with van der Waals surface area (Å²) in [6.07, 6.45) is 2.42. The van der Waals surface area contributed by atoms with Crippen molar-refractivity contribution >= 4 is 21.8 Å². The smallest absolute Gasteiger partial charge is 0.175 e. The topological polar surface area (TPSA) is 92.6 Å². The molecule has 0 unspecified atom stereocenters. The van der Waals surface area contributed by atoms with E-state index >= 15 is 4.39 Å². The number of ether oxygens (including phenoxy) is 2. The van der Waals surface area contributed by atoms with E-state index in [9.17, 15) is 5.26 Å². The van der Waals surface area contributed by atoms with Gasteiger partial charge in [-0.05, 0) is 64.3 Å². The van der Waals surface area contributed by atoms with Crippen LogP contribution in [0.2, 0.25) is 0 Å². The molecule has 194 valence electrons. The number of aryl methyl sites for hydroxylation is 1. The third-order valence-electron chi connectivity index (χ3n) is 6.60. The summed E-state index contributed by atoms with van der Waals surface area (Å²) in [6.45, 7) is 8.37. The van der Waals surface area contributed by atoms with Crippen LogP contribution in [-0.2, 0) is 0 Å². The number of nitrogen functional groups attached to an aromatic ring is 1. The molecule has 4 rings (SSSR count). The van der Waals surface area contributed by atoms with Crippen molar-refractivity contribution in [3.05, 3.63) is 59.7 Å². The van der Waals surface area contributed by atoms with E-state index in [4.69, 9.17) is 15.3 Å². The van der Waals surface area contributed by atoms with Gasteiger partial charge in [0.25, 0.3) is 0 Å². The molecular weight excluding hydrogens is 471 g/mol. The van der Waals surface area contributed by atoms with Crippen LogP contribution in [0.1, 0.15) is 24.6 Å². The summed E-state index contributed by atoms with van der Waals surface area (Å²) in [5.74, 6) is 6.41. The van der Waals surface area contributed by atoms with Crippen molar-refractivity contribution < 1.29 is 13.9 Å². The Morgan fingerprint density at radius 3 is 2.57 bits per heavy atom. The number of hydrogen-bond donors (Lipinski definition) is 1. The number of nitrogens with zero attached hydrogens (tertiary/aromatic N) is 5. The Morgan fingerprint density at radius 1 is 1.03 bits per heavy atom. The first-order chi connectivity index (χ1) is 17.8. The van der Waals surface area contributed by atoms with Crippen LogP contribution in [0, 0.1) is 24.1 Å². The molecule has 2 N–H and O–H groups in total. The number of aromatic nitrogens is 2. The van der Waals surface area contributed by atoms with Crippen LogP contribution in [0.5, 0.6) is 17.2 Å². The second-order valence-corrected chi connectivity index (χ2v) is 9.26. The summed E-state index contributed by atoms with van der Waals surface area (Å²) in [5.41, 5.74) is 2.28. The standard InChI is InChI=1S/C28H33FN6O2/c1-5-33(3)12-13-34(4)11-6-14-36-27-17-23-21(16-20(27)18-30)25(9-10-32-23)37-26-8-7-24-22(28(26)29)15-19(2)35(24)31/h7-10,15-17H,5-6,11-14,31H2,1-4H3. The number of rotatable bonds is 11. The van der Waals surface area contributed by atoms with Gasteiger partial charge in [0.1, 0.15) is 17.6 Å². The molecule has 0 radical (unpaired) electrons. The summed E-state index contributed by atoms with van der Waals surface area (Å²) >= 11 is 0. The molecule has 2 heterocycles. The highest BCUT2D eigenvalue weighted by atomic mass is 19.1. The van der Waals surface area contributed by atoms with E-state index in [2.05, 4.69) is 41.9 Å². The van der Waals surface area contributed by atoms with Gasteiger partial charge in [-0.25, -0.2) is 4.39 Å². The molecule has 0 aliphatic rings. The Kier molecular flexibility index (Phi) is 8.11. The Morgan fingerprint density at radius 2 is 1.81 bits per heavy atom.